The molecule has 3 N–H and O–H groups in total. The highest BCUT2D eigenvalue weighted by Gasteiger charge is 2.15. The minimum absolute atomic E-state index is 0.0479. The first-order valence-electron chi connectivity index (χ1n) is 6.79. The number of hydrogen-bond acceptors (Lipinski definition) is 4. The molecule has 0 aliphatic rings. The molecule has 0 spiro atoms. The fourth-order valence-electron chi connectivity index (χ4n) is 2.18. The van der Waals surface area contributed by atoms with Crippen molar-refractivity contribution < 1.29 is 9.90 Å². The van der Waals surface area contributed by atoms with E-state index in [9.17, 15) is 9.90 Å². The minimum Gasteiger partial charge on any atom is -0.387 e. The lowest BCUT2D eigenvalue weighted by molar-refractivity contribution is 0.173. The Morgan fingerprint density at radius 3 is 2.76 bits per heavy atom. The van der Waals surface area contributed by atoms with Crippen molar-refractivity contribution in [2.24, 2.45) is 0 Å². The predicted molar refractivity (Wildman–Crippen MR) is 88.0 cm³/mol. The standard InChI is InChI=1S/C15H20N2O2S2/c1-9-6-13(11(3)21-9)10(2)17-15(19)16-7-14(18)12-4-5-20-8-12/h4-6,8,10,14,18H,7H2,1-3H3,(H2,16,17,19)/t10-,14+/m0/s1. The lowest BCUT2D eigenvalue weighted by Gasteiger charge is -2.16. The second-order valence-electron chi connectivity index (χ2n) is 5.02. The Bertz CT molecular complexity index is 593. The van der Waals surface area contributed by atoms with E-state index in [-0.39, 0.29) is 18.6 Å². The van der Waals surface area contributed by atoms with Crippen molar-refractivity contribution >= 4 is 28.7 Å². The third-order valence-electron chi connectivity index (χ3n) is 3.28. The molecule has 114 valence electrons. The van der Waals surface area contributed by atoms with Crippen LogP contribution in [0, 0.1) is 13.8 Å². The highest BCUT2D eigenvalue weighted by Crippen LogP contribution is 2.26. The van der Waals surface area contributed by atoms with Crippen LogP contribution in [0.4, 0.5) is 4.79 Å². The van der Waals surface area contributed by atoms with E-state index in [0.717, 1.165) is 11.1 Å². The number of nitrogens with one attached hydrogen (secondary N) is 2. The second-order valence-corrected chi connectivity index (χ2v) is 7.26. The van der Waals surface area contributed by atoms with Gasteiger partial charge in [-0.3, -0.25) is 0 Å². The molecule has 2 atom stereocenters. The highest BCUT2D eigenvalue weighted by atomic mass is 32.1. The number of hydrogen-bond donors (Lipinski definition) is 3. The van der Waals surface area contributed by atoms with Gasteiger partial charge in [0.15, 0.2) is 0 Å². The van der Waals surface area contributed by atoms with Gasteiger partial charge in [0.1, 0.15) is 0 Å². The Hall–Kier alpha value is -1.37. The molecule has 0 aromatic carbocycles. The number of aliphatic hydroxyl groups is 1. The monoisotopic (exact) mass is 324 g/mol. The molecule has 0 saturated heterocycles. The first kappa shape index (κ1) is 16.0. The van der Waals surface area contributed by atoms with E-state index in [1.807, 2.05) is 23.8 Å². The van der Waals surface area contributed by atoms with Gasteiger partial charge in [-0.15, -0.1) is 11.3 Å². The second kappa shape index (κ2) is 7.06. The maximum absolute atomic E-state index is 11.9. The van der Waals surface area contributed by atoms with Gasteiger partial charge < -0.3 is 15.7 Å². The normalized spacial score (nSPS) is 13.7. The van der Waals surface area contributed by atoms with Gasteiger partial charge in [0.2, 0.25) is 0 Å². The van der Waals surface area contributed by atoms with E-state index in [2.05, 4.69) is 30.5 Å². The molecule has 2 aromatic heterocycles. The van der Waals surface area contributed by atoms with Crippen molar-refractivity contribution in [3.8, 4) is 0 Å². The molecule has 0 saturated carbocycles. The largest absolute Gasteiger partial charge is 0.387 e. The Labute approximate surface area is 132 Å². The van der Waals surface area contributed by atoms with E-state index < -0.39 is 6.10 Å². The smallest absolute Gasteiger partial charge is 0.315 e. The average Bonchev–Trinajstić information content (AvgIpc) is 3.05. The number of aryl methyl sites for hydroxylation is 2. The quantitative estimate of drug-likeness (QED) is 0.788. The average molecular weight is 324 g/mol. The van der Waals surface area contributed by atoms with E-state index in [1.54, 1.807) is 11.3 Å². The Morgan fingerprint density at radius 2 is 2.19 bits per heavy atom. The number of carbonyl (C=O) groups excluding carboxylic acids is 1. The molecule has 2 rings (SSSR count). The lowest BCUT2D eigenvalue weighted by atomic mass is 10.1. The van der Waals surface area contributed by atoms with Crippen molar-refractivity contribution in [1.29, 1.82) is 0 Å². The van der Waals surface area contributed by atoms with Gasteiger partial charge >= 0.3 is 6.03 Å². The Morgan fingerprint density at radius 1 is 1.43 bits per heavy atom. The molecule has 0 radical (unpaired) electrons. The van der Waals surface area contributed by atoms with Crippen LogP contribution >= 0.6 is 22.7 Å². The molecular weight excluding hydrogens is 304 g/mol. The first-order chi connectivity index (χ1) is 9.97. The minimum atomic E-state index is -0.664. The zero-order valence-corrected chi connectivity index (χ0v) is 14.0. The molecule has 0 unspecified atom stereocenters. The van der Waals surface area contributed by atoms with Crippen molar-refractivity contribution in [3.63, 3.8) is 0 Å². The van der Waals surface area contributed by atoms with Crippen molar-refractivity contribution in [2.45, 2.75) is 32.9 Å². The van der Waals surface area contributed by atoms with Crippen LogP contribution < -0.4 is 10.6 Å². The summed E-state index contributed by atoms with van der Waals surface area (Å²) in [5, 5.41) is 19.3. The van der Waals surface area contributed by atoms with Crippen LogP contribution in [0.25, 0.3) is 0 Å². The number of rotatable bonds is 5. The van der Waals surface area contributed by atoms with Gasteiger partial charge in [-0.2, -0.15) is 11.3 Å². The summed E-state index contributed by atoms with van der Waals surface area (Å²) in [5.74, 6) is 0. The highest BCUT2D eigenvalue weighted by molar-refractivity contribution is 7.12. The van der Waals surface area contributed by atoms with Crippen molar-refractivity contribution in [2.75, 3.05) is 6.54 Å². The van der Waals surface area contributed by atoms with Crippen molar-refractivity contribution in [1.82, 2.24) is 10.6 Å². The van der Waals surface area contributed by atoms with E-state index in [1.165, 1.54) is 21.1 Å². The van der Waals surface area contributed by atoms with Crippen molar-refractivity contribution in [3.05, 3.63) is 43.8 Å². The van der Waals surface area contributed by atoms with Gasteiger partial charge in [0.05, 0.1) is 12.1 Å². The molecule has 2 amide bonds. The Balaban J connectivity index is 1.83. The number of thiophene rings is 2. The zero-order chi connectivity index (χ0) is 15.4. The summed E-state index contributed by atoms with van der Waals surface area (Å²) < 4.78 is 0. The number of carbonyl (C=O) groups is 1. The van der Waals surface area contributed by atoms with E-state index >= 15 is 0 Å². The van der Waals surface area contributed by atoms with Crippen LogP contribution in [0.5, 0.6) is 0 Å². The van der Waals surface area contributed by atoms with Crippen LogP contribution in [-0.4, -0.2) is 17.7 Å². The summed E-state index contributed by atoms with van der Waals surface area (Å²) in [7, 11) is 0. The Kier molecular flexibility index (Phi) is 5.39. The molecule has 0 aliphatic heterocycles. The summed E-state index contributed by atoms with van der Waals surface area (Å²) >= 11 is 3.26. The summed E-state index contributed by atoms with van der Waals surface area (Å²) in [5.41, 5.74) is 1.98. The van der Waals surface area contributed by atoms with Gasteiger partial charge in [-0.25, -0.2) is 4.79 Å². The molecule has 2 heterocycles. The molecule has 2 aromatic rings. The van der Waals surface area contributed by atoms with E-state index in [4.69, 9.17) is 0 Å². The maximum Gasteiger partial charge on any atom is 0.315 e. The van der Waals surface area contributed by atoms with Crippen LogP contribution in [0.1, 0.15) is 40.0 Å². The third-order valence-corrected chi connectivity index (χ3v) is 4.96. The maximum atomic E-state index is 11.9. The SMILES string of the molecule is Cc1cc([C@H](C)NC(=O)NC[C@@H](O)c2ccsc2)c(C)s1. The molecule has 4 nitrogen and oxygen atoms in total. The summed E-state index contributed by atoms with van der Waals surface area (Å²) in [6.07, 6.45) is -0.664. The predicted octanol–water partition coefficient (Wildman–Crippen LogP) is 3.52. The van der Waals surface area contributed by atoms with Crippen LogP contribution in [0.2, 0.25) is 0 Å². The van der Waals surface area contributed by atoms with Crippen LogP contribution in [0.15, 0.2) is 22.9 Å². The number of aliphatic hydroxyl groups excluding tert-OH is 1. The summed E-state index contributed by atoms with van der Waals surface area (Å²) in [6.45, 7) is 6.29. The fraction of sp³-hybridized carbons (Fsp3) is 0.400. The number of urea groups is 1. The first-order valence-corrected chi connectivity index (χ1v) is 8.54. The van der Waals surface area contributed by atoms with E-state index in [0.29, 0.717) is 0 Å². The summed E-state index contributed by atoms with van der Waals surface area (Å²) in [6, 6.07) is 3.65. The fourth-order valence-corrected chi connectivity index (χ4v) is 3.91. The third kappa shape index (κ3) is 4.30. The number of amides is 2. The molecular formula is C15H20N2O2S2. The zero-order valence-electron chi connectivity index (χ0n) is 12.3. The van der Waals surface area contributed by atoms with Gasteiger partial charge in [0.25, 0.3) is 0 Å². The molecule has 0 bridgehead atoms. The van der Waals surface area contributed by atoms with Crippen LogP contribution in [-0.2, 0) is 0 Å². The summed E-state index contributed by atoms with van der Waals surface area (Å²) in [4.78, 5) is 14.4. The molecule has 0 aliphatic carbocycles. The topological polar surface area (TPSA) is 61.4 Å². The van der Waals surface area contributed by atoms with Gasteiger partial charge in [-0.1, -0.05) is 0 Å². The molecule has 21 heavy (non-hydrogen) atoms. The van der Waals surface area contributed by atoms with Gasteiger partial charge in [0, 0.05) is 16.3 Å². The lowest BCUT2D eigenvalue weighted by Crippen LogP contribution is -2.39. The van der Waals surface area contributed by atoms with Crippen LogP contribution in [0.3, 0.4) is 0 Å². The molecule has 6 heteroatoms. The molecule has 0 fully saturated rings. The van der Waals surface area contributed by atoms with Gasteiger partial charge in [-0.05, 0) is 54.8 Å².